The first-order valence-electron chi connectivity index (χ1n) is 8.38. The molecule has 1 aliphatic carbocycles. The predicted molar refractivity (Wildman–Crippen MR) is 88.7 cm³/mol. The minimum Gasteiger partial charge on any atom is -0.323 e. The zero-order valence-corrected chi connectivity index (χ0v) is 14.0. The van der Waals surface area contributed by atoms with Gasteiger partial charge in [-0.15, -0.1) is 0 Å². The van der Waals surface area contributed by atoms with E-state index in [9.17, 15) is 9.59 Å². The van der Waals surface area contributed by atoms with Crippen molar-refractivity contribution in [1.29, 1.82) is 0 Å². The third-order valence-electron chi connectivity index (χ3n) is 4.91. The molecule has 5 nitrogen and oxygen atoms in total. The number of nitrogens with zero attached hydrogens (tertiary/aromatic N) is 2. The topological polar surface area (TPSA) is 52.6 Å². The molecule has 1 aromatic carbocycles. The standard InChI is InChI=1S/C18H25N3O2/c1-14-6-8-15(9-7-14)12-20(2)13-21-16(22)18(19-17(21)23)10-4-3-5-11-18/h6-9H,3-5,10-13H2,1-2H3,(H,19,23). The highest BCUT2D eigenvalue weighted by Crippen LogP contribution is 2.33. The molecule has 0 unspecified atom stereocenters. The zero-order valence-electron chi connectivity index (χ0n) is 14.0. The van der Waals surface area contributed by atoms with Gasteiger partial charge in [0, 0.05) is 6.54 Å². The average Bonchev–Trinajstić information content (AvgIpc) is 2.75. The molecule has 1 spiro atoms. The lowest BCUT2D eigenvalue weighted by Crippen LogP contribution is -2.48. The monoisotopic (exact) mass is 315 g/mol. The normalized spacial score (nSPS) is 20.4. The summed E-state index contributed by atoms with van der Waals surface area (Å²) in [6.45, 7) is 3.11. The molecule has 0 aromatic heterocycles. The molecular weight excluding hydrogens is 290 g/mol. The molecule has 1 saturated carbocycles. The predicted octanol–water partition coefficient (Wildman–Crippen LogP) is 2.64. The van der Waals surface area contributed by atoms with Gasteiger partial charge in [-0.3, -0.25) is 9.69 Å². The number of carbonyl (C=O) groups is 2. The largest absolute Gasteiger partial charge is 0.326 e. The van der Waals surface area contributed by atoms with Crippen molar-refractivity contribution in [3.05, 3.63) is 35.4 Å². The molecule has 1 saturated heterocycles. The lowest BCUT2D eigenvalue weighted by molar-refractivity contribution is -0.133. The second-order valence-electron chi connectivity index (χ2n) is 6.95. The van der Waals surface area contributed by atoms with E-state index in [0.29, 0.717) is 13.2 Å². The van der Waals surface area contributed by atoms with Crippen LogP contribution in [0.1, 0.15) is 43.2 Å². The van der Waals surface area contributed by atoms with Gasteiger partial charge in [0.1, 0.15) is 5.54 Å². The lowest BCUT2D eigenvalue weighted by Gasteiger charge is -2.31. The second kappa shape index (κ2) is 6.32. The molecule has 0 bridgehead atoms. The Morgan fingerprint density at radius 3 is 2.43 bits per heavy atom. The van der Waals surface area contributed by atoms with Gasteiger partial charge in [-0.05, 0) is 32.4 Å². The van der Waals surface area contributed by atoms with Crippen LogP contribution in [0.15, 0.2) is 24.3 Å². The van der Waals surface area contributed by atoms with E-state index in [2.05, 4.69) is 36.5 Å². The van der Waals surface area contributed by atoms with Crippen molar-refractivity contribution >= 4 is 11.9 Å². The quantitative estimate of drug-likeness (QED) is 0.869. The molecule has 3 rings (SSSR count). The molecule has 124 valence electrons. The number of carbonyl (C=O) groups excluding carboxylic acids is 2. The highest BCUT2D eigenvalue weighted by molar-refractivity contribution is 6.07. The number of urea groups is 1. The van der Waals surface area contributed by atoms with Crippen LogP contribution >= 0.6 is 0 Å². The Bertz CT molecular complexity index is 591. The molecule has 23 heavy (non-hydrogen) atoms. The van der Waals surface area contributed by atoms with Crippen molar-refractivity contribution in [2.45, 2.75) is 51.1 Å². The van der Waals surface area contributed by atoms with Crippen LogP contribution in [0.25, 0.3) is 0 Å². The van der Waals surface area contributed by atoms with Crippen molar-refractivity contribution in [2.24, 2.45) is 0 Å². The van der Waals surface area contributed by atoms with E-state index >= 15 is 0 Å². The van der Waals surface area contributed by atoms with Gasteiger partial charge in [0.15, 0.2) is 0 Å². The molecular formula is C18H25N3O2. The van der Waals surface area contributed by atoms with Crippen LogP contribution in [-0.4, -0.2) is 41.0 Å². The van der Waals surface area contributed by atoms with E-state index in [1.807, 2.05) is 11.9 Å². The Kier molecular flexibility index (Phi) is 4.39. The van der Waals surface area contributed by atoms with Crippen LogP contribution in [0.2, 0.25) is 0 Å². The average molecular weight is 315 g/mol. The first-order valence-corrected chi connectivity index (χ1v) is 8.38. The summed E-state index contributed by atoms with van der Waals surface area (Å²) in [6.07, 6.45) is 4.72. The van der Waals surface area contributed by atoms with Gasteiger partial charge in [0.25, 0.3) is 5.91 Å². The number of amides is 3. The molecule has 1 aromatic rings. The number of aryl methyl sites for hydroxylation is 1. The first kappa shape index (κ1) is 16.0. The fourth-order valence-electron chi connectivity index (χ4n) is 3.60. The van der Waals surface area contributed by atoms with Gasteiger partial charge in [-0.2, -0.15) is 0 Å². The maximum Gasteiger partial charge on any atom is 0.326 e. The summed E-state index contributed by atoms with van der Waals surface area (Å²) in [7, 11) is 1.94. The lowest BCUT2D eigenvalue weighted by atomic mass is 9.82. The Morgan fingerprint density at radius 2 is 1.78 bits per heavy atom. The molecule has 3 amide bonds. The number of benzene rings is 1. The number of hydrogen-bond acceptors (Lipinski definition) is 3. The highest BCUT2D eigenvalue weighted by Gasteiger charge is 2.51. The van der Waals surface area contributed by atoms with Crippen LogP contribution in [0.4, 0.5) is 4.79 Å². The molecule has 0 radical (unpaired) electrons. The first-order chi connectivity index (χ1) is 11.0. The van der Waals surface area contributed by atoms with Gasteiger partial charge in [-0.25, -0.2) is 9.69 Å². The van der Waals surface area contributed by atoms with Crippen LogP contribution < -0.4 is 5.32 Å². The van der Waals surface area contributed by atoms with Crippen LogP contribution in [0.5, 0.6) is 0 Å². The van der Waals surface area contributed by atoms with Gasteiger partial charge >= 0.3 is 6.03 Å². The number of hydrogen-bond donors (Lipinski definition) is 1. The smallest absolute Gasteiger partial charge is 0.323 e. The molecule has 1 heterocycles. The minimum absolute atomic E-state index is 0.0436. The van der Waals surface area contributed by atoms with Crippen LogP contribution in [-0.2, 0) is 11.3 Å². The van der Waals surface area contributed by atoms with Gasteiger partial charge in [0.05, 0.1) is 6.67 Å². The summed E-state index contributed by atoms with van der Waals surface area (Å²) in [5.41, 5.74) is 1.78. The third-order valence-corrected chi connectivity index (χ3v) is 4.91. The SMILES string of the molecule is Cc1ccc(CN(C)CN2C(=O)NC3(CCCCC3)C2=O)cc1. The Hall–Kier alpha value is -1.88. The summed E-state index contributed by atoms with van der Waals surface area (Å²) < 4.78 is 0. The minimum atomic E-state index is -0.625. The zero-order chi connectivity index (χ0) is 16.4. The number of rotatable bonds is 4. The number of nitrogens with one attached hydrogen (secondary N) is 1. The van der Waals surface area contributed by atoms with Crippen molar-refractivity contribution in [3.63, 3.8) is 0 Å². The van der Waals surface area contributed by atoms with E-state index in [1.165, 1.54) is 16.0 Å². The number of imide groups is 1. The van der Waals surface area contributed by atoms with E-state index in [0.717, 1.165) is 32.1 Å². The summed E-state index contributed by atoms with van der Waals surface area (Å²) in [5.74, 6) is -0.0436. The summed E-state index contributed by atoms with van der Waals surface area (Å²) >= 11 is 0. The molecule has 5 heteroatoms. The summed E-state index contributed by atoms with van der Waals surface area (Å²) in [6, 6.07) is 8.08. The van der Waals surface area contributed by atoms with Gasteiger partial charge in [0.2, 0.25) is 0 Å². The van der Waals surface area contributed by atoms with Crippen LogP contribution in [0.3, 0.4) is 0 Å². The molecule has 2 aliphatic rings. The van der Waals surface area contributed by atoms with Crippen molar-refractivity contribution < 1.29 is 9.59 Å². The molecule has 1 aliphatic heterocycles. The summed E-state index contributed by atoms with van der Waals surface area (Å²) in [5, 5.41) is 2.96. The Balaban J connectivity index is 1.63. The van der Waals surface area contributed by atoms with Crippen LogP contribution in [0, 0.1) is 6.92 Å². The van der Waals surface area contributed by atoms with Crippen molar-refractivity contribution in [1.82, 2.24) is 15.1 Å². The maximum absolute atomic E-state index is 12.7. The summed E-state index contributed by atoms with van der Waals surface area (Å²) in [4.78, 5) is 28.4. The van der Waals surface area contributed by atoms with Crippen molar-refractivity contribution in [2.75, 3.05) is 13.7 Å². The fourth-order valence-corrected chi connectivity index (χ4v) is 3.60. The van der Waals surface area contributed by atoms with E-state index < -0.39 is 5.54 Å². The fraction of sp³-hybridized carbons (Fsp3) is 0.556. The third kappa shape index (κ3) is 3.24. The second-order valence-corrected chi connectivity index (χ2v) is 6.95. The highest BCUT2D eigenvalue weighted by atomic mass is 16.2. The van der Waals surface area contributed by atoms with E-state index in [4.69, 9.17) is 0 Å². The molecule has 0 atom stereocenters. The molecule has 2 fully saturated rings. The molecule has 1 N–H and O–H groups in total. The van der Waals surface area contributed by atoms with Crippen molar-refractivity contribution in [3.8, 4) is 0 Å². The van der Waals surface area contributed by atoms with Gasteiger partial charge < -0.3 is 5.32 Å². The Labute approximate surface area is 137 Å². The van der Waals surface area contributed by atoms with E-state index in [1.54, 1.807) is 0 Å². The van der Waals surface area contributed by atoms with E-state index in [-0.39, 0.29) is 11.9 Å². The Morgan fingerprint density at radius 1 is 1.13 bits per heavy atom. The van der Waals surface area contributed by atoms with Gasteiger partial charge in [-0.1, -0.05) is 49.1 Å². The maximum atomic E-state index is 12.7.